The summed E-state index contributed by atoms with van der Waals surface area (Å²) in [7, 11) is 0. The van der Waals surface area contributed by atoms with Gasteiger partial charge in [-0.1, -0.05) is 37.6 Å². The van der Waals surface area contributed by atoms with E-state index in [1.807, 2.05) is 23.9 Å². The van der Waals surface area contributed by atoms with Crippen molar-refractivity contribution in [1.82, 2.24) is 15.1 Å². The molecule has 0 spiro atoms. The predicted molar refractivity (Wildman–Crippen MR) is 84.1 cm³/mol. The lowest BCUT2D eigenvalue weighted by molar-refractivity contribution is 0.543. The molecule has 0 atom stereocenters. The highest BCUT2D eigenvalue weighted by molar-refractivity contribution is 6.31. The van der Waals surface area contributed by atoms with Gasteiger partial charge in [-0.3, -0.25) is 4.68 Å². The Morgan fingerprint density at radius 1 is 1.30 bits per heavy atom. The molecule has 0 saturated heterocycles. The van der Waals surface area contributed by atoms with Crippen LogP contribution in [0.5, 0.6) is 0 Å². The average Bonchev–Trinajstić information content (AvgIpc) is 2.80. The van der Waals surface area contributed by atoms with E-state index in [2.05, 4.69) is 42.5 Å². The molecule has 1 aromatic carbocycles. The zero-order valence-electron chi connectivity index (χ0n) is 12.4. The standard InChI is InChI=1S/C16H22ClN3/c1-12(2)9-18-10-15-6-7-20(19-15)11-14-5-4-13(3)8-16(14)17/h4-8,12,18H,9-11H2,1-3H3. The van der Waals surface area contributed by atoms with Crippen LogP contribution in [0, 0.1) is 12.8 Å². The van der Waals surface area contributed by atoms with E-state index in [0.717, 1.165) is 29.4 Å². The van der Waals surface area contributed by atoms with Crippen LogP contribution in [0.1, 0.15) is 30.7 Å². The quantitative estimate of drug-likeness (QED) is 0.880. The van der Waals surface area contributed by atoms with Crippen LogP contribution in [0.15, 0.2) is 30.5 Å². The van der Waals surface area contributed by atoms with Crippen molar-refractivity contribution in [2.75, 3.05) is 6.54 Å². The van der Waals surface area contributed by atoms with Gasteiger partial charge in [-0.2, -0.15) is 5.10 Å². The summed E-state index contributed by atoms with van der Waals surface area (Å²) < 4.78 is 1.93. The van der Waals surface area contributed by atoms with Crippen molar-refractivity contribution in [2.45, 2.75) is 33.9 Å². The van der Waals surface area contributed by atoms with Gasteiger partial charge in [-0.15, -0.1) is 0 Å². The second-order valence-electron chi connectivity index (χ2n) is 5.62. The summed E-state index contributed by atoms with van der Waals surface area (Å²) in [6.07, 6.45) is 2.00. The Morgan fingerprint density at radius 3 is 2.80 bits per heavy atom. The van der Waals surface area contributed by atoms with E-state index in [1.165, 1.54) is 5.56 Å². The van der Waals surface area contributed by atoms with Gasteiger partial charge < -0.3 is 5.32 Å². The minimum absolute atomic E-state index is 0.656. The molecule has 0 amide bonds. The maximum atomic E-state index is 6.25. The first-order chi connectivity index (χ1) is 9.54. The molecule has 20 heavy (non-hydrogen) atoms. The lowest BCUT2D eigenvalue weighted by Crippen LogP contribution is -2.19. The van der Waals surface area contributed by atoms with Gasteiger partial charge in [-0.05, 0) is 42.6 Å². The number of aryl methyl sites for hydroxylation is 1. The Morgan fingerprint density at radius 2 is 2.10 bits per heavy atom. The fraction of sp³-hybridized carbons (Fsp3) is 0.438. The van der Waals surface area contributed by atoms with Gasteiger partial charge in [0.25, 0.3) is 0 Å². The van der Waals surface area contributed by atoms with Crippen LogP contribution in [-0.2, 0) is 13.1 Å². The van der Waals surface area contributed by atoms with E-state index in [0.29, 0.717) is 12.5 Å². The highest BCUT2D eigenvalue weighted by atomic mass is 35.5. The van der Waals surface area contributed by atoms with Crippen LogP contribution >= 0.6 is 11.6 Å². The molecule has 3 nitrogen and oxygen atoms in total. The van der Waals surface area contributed by atoms with Crippen LogP contribution in [0.4, 0.5) is 0 Å². The van der Waals surface area contributed by atoms with E-state index in [-0.39, 0.29) is 0 Å². The monoisotopic (exact) mass is 291 g/mol. The molecule has 0 fully saturated rings. The topological polar surface area (TPSA) is 29.9 Å². The van der Waals surface area contributed by atoms with Crippen LogP contribution in [0.2, 0.25) is 5.02 Å². The Bertz CT molecular complexity index is 561. The van der Waals surface area contributed by atoms with E-state index in [9.17, 15) is 0 Å². The fourth-order valence-corrected chi connectivity index (χ4v) is 2.32. The van der Waals surface area contributed by atoms with Crippen molar-refractivity contribution < 1.29 is 0 Å². The van der Waals surface area contributed by atoms with Gasteiger partial charge in [0.05, 0.1) is 12.2 Å². The molecule has 4 heteroatoms. The average molecular weight is 292 g/mol. The molecule has 0 bridgehead atoms. The fourth-order valence-electron chi connectivity index (χ4n) is 2.03. The minimum atomic E-state index is 0.656. The summed E-state index contributed by atoms with van der Waals surface area (Å²) in [6.45, 7) is 8.98. The van der Waals surface area contributed by atoms with Crippen LogP contribution in [0.3, 0.4) is 0 Å². The van der Waals surface area contributed by atoms with Crippen LogP contribution in [-0.4, -0.2) is 16.3 Å². The first-order valence-corrected chi connectivity index (χ1v) is 7.40. The third-order valence-electron chi connectivity index (χ3n) is 3.10. The Hall–Kier alpha value is -1.32. The minimum Gasteiger partial charge on any atom is -0.311 e. The molecule has 0 aliphatic carbocycles. The number of nitrogens with zero attached hydrogens (tertiary/aromatic N) is 2. The van der Waals surface area contributed by atoms with Gasteiger partial charge in [0.1, 0.15) is 0 Å². The number of hydrogen-bond acceptors (Lipinski definition) is 2. The number of halogens is 1. The molecule has 2 aromatic rings. The van der Waals surface area contributed by atoms with Crippen LogP contribution in [0.25, 0.3) is 0 Å². The van der Waals surface area contributed by atoms with Crippen molar-refractivity contribution in [3.8, 4) is 0 Å². The number of rotatable bonds is 6. The van der Waals surface area contributed by atoms with Gasteiger partial charge in [0, 0.05) is 17.8 Å². The van der Waals surface area contributed by atoms with Crippen molar-refractivity contribution in [3.05, 3.63) is 52.3 Å². The third-order valence-corrected chi connectivity index (χ3v) is 3.45. The van der Waals surface area contributed by atoms with Crippen molar-refractivity contribution >= 4 is 11.6 Å². The second kappa shape index (κ2) is 6.91. The molecule has 1 N–H and O–H groups in total. The first-order valence-electron chi connectivity index (χ1n) is 7.02. The zero-order chi connectivity index (χ0) is 14.5. The number of nitrogens with one attached hydrogen (secondary N) is 1. The predicted octanol–water partition coefficient (Wildman–Crippen LogP) is 3.64. The Labute approximate surface area is 126 Å². The zero-order valence-corrected chi connectivity index (χ0v) is 13.1. The van der Waals surface area contributed by atoms with Crippen molar-refractivity contribution in [3.63, 3.8) is 0 Å². The Kier molecular flexibility index (Phi) is 5.21. The third kappa shape index (κ3) is 4.36. The molecule has 0 radical (unpaired) electrons. The van der Waals surface area contributed by atoms with Crippen molar-refractivity contribution in [2.24, 2.45) is 5.92 Å². The highest BCUT2D eigenvalue weighted by Gasteiger charge is 2.04. The van der Waals surface area contributed by atoms with E-state index in [4.69, 9.17) is 11.6 Å². The molecule has 0 saturated carbocycles. The molecule has 108 valence electrons. The summed E-state index contributed by atoms with van der Waals surface area (Å²) >= 11 is 6.25. The first kappa shape index (κ1) is 15.1. The molecule has 0 aliphatic heterocycles. The summed E-state index contributed by atoms with van der Waals surface area (Å²) in [4.78, 5) is 0. The molecule has 2 rings (SSSR count). The molecule has 0 unspecified atom stereocenters. The summed E-state index contributed by atoms with van der Waals surface area (Å²) in [5.74, 6) is 0.656. The van der Waals surface area contributed by atoms with E-state index < -0.39 is 0 Å². The normalized spacial score (nSPS) is 11.2. The maximum absolute atomic E-state index is 6.25. The second-order valence-corrected chi connectivity index (χ2v) is 6.03. The molecule has 1 heterocycles. The summed E-state index contributed by atoms with van der Waals surface area (Å²) in [5.41, 5.74) is 3.34. The number of aromatic nitrogens is 2. The van der Waals surface area contributed by atoms with Gasteiger partial charge >= 0.3 is 0 Å². The lowest BCUT2D eigenvalue weighted by atomic mass is 10.1. The Balaban J connectivity index is 1.95. The smallest absolute Gasteiger partial charge is 0.0762 e. The highest BCUT2D eigenvalue weighted by Crippen LogP contribution is 2.18. The van der Waals surface area contributed by atoms with Crippen LogP contribution < -0.4 is 5.32 Å². The summed E-state index contributed by atoms with van der Waals surface area (Å²) in [6, 6.07) is 8.19. The van der Waals surface area contributed by atoms with E-state index >= 15 is 0 Å². The number of hydrogen-bond donors (Lipinski definition) is 1. The molecule has 1 aromatic heterocycles. The maximum Gasteiger partial charge on any atom is 0.0762 e. The molecular formula is C16H22ClN3. The van der Waals surface area contributed by atoms with Crippen molar-refractivity contribution in [1.29, 1.82) is 0 Å². The lowest BCUT2D eigenvalue weighted by Gasteiger charge is -2.06. The van der Waals surface area contributed by atoms with Gasteiger partial charge in [0.15, 0.2) is 0 Å². The largest absolute Gasteiger partial charge is 0.311 e. The van der Waals surface area contributed by atoms with Gasteiger partial charge in [-0.25, -0.2) is 0 Å². The molecular weight excluding hydrogens is 270 g/mol. The number of benzene rings is 1. The van der Waals surface area contributed by atoms with Gasteiger partial charge in [0.2, 0.25) is 0 Å². The van der Waals surface area contributed by atoms with E-state index in [1.54, 1.807) is 0 Å². The summed E-state index contributed by atoms with van der Waals surface area (Å²) in [5, 5.41) is 8.76. The molecule has 0 aliphatic rings. The SMILES string of the molecule is Cc1ccc(Cn2ccc(CNCC(C)C)n2)c(Cl)c1.